The third-order valence-corrected chi connectivity index (χ3v) is 8.18. The number of para-hydroxylation sites is 2. The SMILES string of the molecule is COc1ccccc1N1CCN(S(=O)(=O)CCNS(=O)(=O)c2ccc(F)cc2)CC1. The monoisotopic (exact) mass is 457 g/mol. The average molecular weight is 458 g/mol. The Bertz CT molecular complexity index is 1070. The Kier molecular flexibility index (Phi) is 6.96. The maximum atomic E-state index is 13.0. The molecule has 1 N–H and O–H groups in total. The largest absolute Gasteiger partial charge is 0.495 e. The Morgan fingerprint density at radius 1 is 0.967 bits per heavy atom. The van der Waals surface area contributed by atoms with Gasteiger partial charge in [0.15, 0.2) is 0 Å². The second-order valence-corrected chi connectivity index (χ2v) is 10.6. The number of nitrogens with one attached hydrogen (secondary N) is 1. The number of piperazine rings is 1. The fourth-order valence-electron chi connectivity index (χ4n) is 3.23. The van der Waals surface area contributed by atoms with E-state index in [0.717, 1.165) is 35.7 Å². The quantitative estimate of drug-likeness (QED) is 0.641. The fraction of sp³-hybridized carbons (Fsp3) is 0.368. The molecule has 1 fully saturated rings. The second-order valence-electron chi connectivity index (χ2n) is 6.73. The van der Waals surface area contributed by atoms with E-state index in [4.69, 9.17) is 4.74 Å². The van der Waals surface area contributed by atoms with Crippen LogP contribution in [0.5, 0.6) is 5.75 Å². The highest BCUT2D eigenvalue weighted by molar-refractivity contribution is 7.90. The van der Waals surface area contributed by atoms with Gasteiger partial charge in [0.1, 0.15) is 11.6 Å². The van der Waals surface area contributed by atoms with E-state index < -0.39 is 25.9 Å². The first-order valence-electron chi connectivity index (χ1n) is 9.34. The predicted molar refractivity (Wildman–Crippen MR) is 112 cm³/mol. The van der Waals surface area contributed by atoms with Crippen molar-refractivity contribution >= 4 is 25.7 Å². The van der Waals surface area contributed by atoms with Crippen molar-refractivity contribution in [2.24, 2.45) is 0 Å². The van der Waals surface area contributed by atoms with E-state index in [0.29, 0.717) is 26.2 Å². The molecular formula is C19H24FN3O5S2. The molecule has 8 nitrogen and oxygen atoms in total. The average Bonchev–Trinajstić information content (AvgIpc) is 2.74. The number of benzene rings is 2. The summed E-state index contributed by atoms with van der Waals surface area (Å²) in [6.07, 6.45) is 0. The lowest BCUT2D eigenvalue weighted by atomic mass is 10.2. The number of anilines is 1. The molecule has 164 valence electrons. The molecule has 2 aromatic carbocycles. The summed E-state index contributed by atoms with van der Waals surface area (Å²) in [4.78, 5) is 1.94. The van der Waals surface area contributed by atoms with Crippen molar-refractivity contribution in [3.8, 4) is 5.75 Å². The van der Waals surface area contributed by atoms with Crippen LogP contribution in [-0.4, -0.2) is 66.7 Å². The maximum Gasteiger partial charge on any atom is 0.240 e. The Morgan fingerprint density at radius 3 is 2.23 bits per heavy atom. The van der Waals surface area contributed by atoms with Crippen LogP contribution in [0.15, 0.2) is 53.4 Å². The highest BCUT2D eigenvalue weighted by atomic mass is 32.2. The van der Waals surface area contributed by atoms with Gasteiger partial charge in [0.25, 0.3) is 0 Å². The summed E-state index contributed by atoms with van der Waals surface area (Å²) in [6.45, 7) is 1.33. The van der Waals surface area contributed by atoms with Crippen LogP contribution in [0, 0.1) is 5.82 Å². The van der Waals surface area contributed by atoms with Gasteiger partial charge in [-0.3, -0.25) is 0 Å². The van der Waals surface area contributed by atoms with E-state index in [1.165, 1.54) is 4.31 Å². The van der Waals surface area contributed by atoms with Crippen LogP contribution in [0.2, 0.25) is 0 Å². The fourth-order valence-corrected chi connectivity index (χ4v) is 5.73. The van der Waals surface area contributed by atoms with Crippen LogP contribution >= 0.6 is 0 Å². The van der Waals surface area contributed by atoms with Gasteiger partial charge in [-0.2, -0.15) is 4.31 Å². The summed E-state index contributed by atoms with van der Waals surface area (Å²) in [5, 5.41) is 0. The van der Waals surface area contributed by atoms with Crippen molar-refractivity contribution in [3.05, 3.63) is 54.3 Å². The van der Waals surface area contributed by atoms with E-state index in [9.17, 15) is 21.2 Å². The number of hydrogen-bond donors (Lipinski definition) is 1. The third-order valence-electron chi connectivity index (χ3n) is 4.83. The first kappa shape index (κ1) is 22.5. The van der Waals surface area contributed by atoms with Gasteiger partial charge in [-0.05, 0) is 36.4 Å². The molecule has 0 unspecified atom stereocenters. The summed E-state index contributed by atoms with van der Waals surface area (Å²) in [7, 11) is -5.94. The molecule has 0 amide bonds. The Morgan fingerprint density at radius 2 is 1.60 bits per heavy atom. The van der Waals surface area contributed by atoms with Crippen molar-refractivity contribution in [1.29, 1.82) is 0 Å². The van der Waals surface area contributed by atoms with Crippen molar-refractivity contribution in [1.82, 2.24) is 9.03 Å². The normalized spacial score (nSPS) is 15.9. The molecule has 1 aliphatic rings. The first-order chi connectivity index (χ1) is 14.2. The molecule has 0 bridgehead atoms. The maximum absolute atomic E-state index is 13.0. The number of sulfonamides is 2. The Labute approximate surface area is 176 Å². The number of ether oxygens (including phenoxy) is 1. The molecule has 1 saturated heterocycles. The number of methoxy groups -OCH3 is 1. The molecule has 0 aromatic heterocycles. The van der Waals surface area contributed by atoms with Gasteiger partial charge in [-0.1, -0.05) is 12.1 Å². The van der Waals surface area contributed by atoms with Crippen molar-refractivity contribution in [3.63, 3.8) is 0 Å². The van der Waals surface area contributed by atoms with Gasteiger partial charge < -0.3 is 9.64 Å². The van der Waals surface area contributed by atoms with Crippen LogP contribution in [0.1, 0.15) is 0 Å². The lowest BCUT2D eigenvalue weighted by Crippen LogP contribution is -2.50. The zero-order valence-electron chi connectivity index (χ0n) is 16.5. The van der Waals surface area contributed by atoms with E-state index in [-0.39, 0.29) is 17.2 Å². The standard InChI is InChI=1S/C19H24FN3O5S2/c1-28-19-5-3-2-4-18(19)22-11-13-23(14-12-22)29(24,25)15-10-21-30(26,27)17-8-6-16(20)7-9-17/h2-9,21H,10-15H2,1H3. The molecule has 0 saturated carbocycles. The van der Waals surface area contributed by atoms with Gasteiger partial charge in [-0.25, -0.2) is 25.9 Å². The highest BCUT2D eigenvalue weighted by Gasteiger charge is 2.28. The summed E-state index contributed by atoms with van der Waals surface area (Å²) in [5.74, 6) is -0.185. The lowest BCUT2D eigenvalue weighted by Gasteiger charge is -2.35. The summed E-state index contributed by atoms with van der Waals surface area (Å²) in [5.41, 5.74) is 0.907. The molecule has 11 heteroatoms. The smallest absolute Gasteiger partial charge is 0.240 e. The topological polar surface area (TPSA) is 96.0 Å². The van der Waals surface area contributed by atoms with E-state index in [1.54, 1.807) is 7.11 Å². The summed E-state index contributed by atoms with van der Waals surface area (Å²) < 4.78 is 71.6. The van der Waals surface area contributed by atoms with Gasteiger partial charge in [0.2, 0.25) is 20.0 Å². The summed E-state index contributed by atoms with van der Waals surface area (Å²) in [6, 6.07) is 11.9. The minimum Gasteiger partial charge on any atom is -0.495 e. The van der Waals surface area contributed by atoms with Crippen molar-refractivity contribution < 1.29 is 26.0 Å². The van der Waals surface area contributed by atoms with E-state index >= 15 is 0 Å². The van der Waals surface area contributed by atoms with Crippen LogP contribution in [-0.2, 0) is 20.0 Å². The third kappa shape index (κ3) is 5.28. The van der Waals surface area contributed by atoms with Crippen molar-refractivity contribution in [2.45, 2.75) is 4.90 Å². The van der Waals surface area contributed by atoms with Gasteiger partial charge >= 0.3 is 0 Å². The van der Waals surface area contributed by atoms with Crippen LogP contribution in [0.25, 0.3) is 0 Å². The predicted octanol–water partition coefficient (Wildman–Crippen LogP) is 1.26. The Hall–Kier alpha value is -2.21. The van der Waals surface area contributed by atoms with Gasteiger partial charge in [0, 0.05) is 32.7 Å². The van der Waals surface area contributed by atoms with E-state index in [2.05, 4.69) is 9.62 Å². The Balaban J connectivity index is 1.55. The molecule has 0 atom stereocenters. The number of nitrogens with zero attached hydrogens (tertiary/aromatic N) is 2. The zero-order valence-corrected chi connectivity index (χ0v) is 18.1. The van der Waals surface area contributed by atoms with Crippen LogP contribution in [0.3, 0.4) is 0 Å². The minimum atomic E-state index is -3.90. The minimum absolute atomic E-state index is 0.119. The van der Waals surface area contributed by atoms with Gasteiger partial charge in [0.05, 0.1) is 23.4 Å². The van der Waals surface area contributed by atoms with Gasteiger partial charge in [-0.15, -0.1) is 0 Å². The highest BCUT2D eigenvalue weighted by Crippen LogP contribution is 2.28. The molecule has 30 heavy (non-hydrogen) atoms. The molecule has 0 aliphatic carbocycles. The molecular weight excluding hydrogens is 433 g/mol. The molecule has 0 spiro atoms. The van der Waals surface area contributed by atoms with Crippen LogP contribution in [0.4, 0.5) is 10.1 Å². The lowest BCUT2D eigenvalue weighted by molar-refractivity contribution is 0.378. The zero-order chi connectivity index (χ0) is 21.8. The van der Waals surface area contributed by atoms with Crippen molar-refractivity contribution in [2.75, 3.05) is 50.5 Å². The summed E-state index contributed by atoms with van der Waals surface area (Å²) >= 11 is 0. The molecule has 2 aromatic rings. The number of rotatable bonds is 8. The number of hydrogen-bond acceptors (Lipinski definition) is 6. The molecule has 0 radical (unpaired) electrons. The van der Waals surface area contributed by atoms with Crippen LogP contribution < -0.4 is 14.4 Å². The van der Waals surface area contributed by atoms with E-state index in [1.807, 2.05) is 24.3 Å². The first-order valence-corrected chi connectivity index (χ1v) is 12.4. The number of halogens is 1. The second kappa shape index (κ2) is 9.29. The molecule has 3 rings (SSSR count). The molecule has 1 heterocycles. The molecule has 1 aliphatic heterocycles.